The van der Waals surface area contributed by atoms with Crippen LogP contribution in [0.15, 0.2) is 48.2 Å². The van der Waals surface area contributed by atoms with Gasteiger partial charge in [0, 0.05) is 22.9 Å². The fourth-order valence-corrected chi connectivity index (χ4v) is 2.86. The minimum Gasteiger partial charge on any atom is -0.380 e. The van der Waals surface area contributed by atoms with Gasteiger partial charge < -0.3 is 5.11 Å². The molecule has 1 fully saturated rings. The molecule has 1 saturated heterocycles. The van der Waals surface area contributed by atoms with Gasteiger partial charge in [-0.2, -0.15) is 0 Å². The summed E-state index contributed by atoms with van der Waals surface area (Å²) in [4.78, 5) is 24.9. The molecule has 20 heavy (non-hydrogen) atoms. The first kappa shape index (κ1) is 12.8. The van der Waals surface area contributed by atoms with Crippen molar-refractivity contribution in [1.29, 1.82) is 0 Å². The van der Waals surface area contributed by atoms with E-state index in [-0.39, 0.29) is 11.8 Å². The third-order valence-corrected chi connectivity index (χ3v) is 3.97. The summed E-state index contributed by atoms with van der Waals surface area (Å²) in [5.41, 5.74) is 0.494. The topological polar surface area (TPSA) is 57.6 Å². The largest absolute Gasteiger partial charge is 0.380 e. The maximum Gasteiger partial charge on any atom is 0.263 e. The summed E-state index contributed by atoms with van der Waals surface area (Å²) >= 11 is 0. The average molecular weight is 269 g/mol. The molecule has 1 aliphatic carbocycles. The Balaban J connectivity index is 2.12. The van der Waals surface area contributed by atoms with Gasteiger partial charge in [0.15, 0.2) is 0 Å². The molecule has 2 unspecified atom stereocenters. The molecule has 1 aliphatic heterocycles. The van der Waals surface area contributed by atoms with Crippen LogP contribution in [0, 0.1) is 5.92 Å². The van der Waals surface area contributed by atoms with Gasteiger partial charge in [-0.05, 0) is 31.6 Å². The highest BCUT2D eigenvalue weighted by Crippen LogP contribution is 2.43. The highest BCUT2D eigenvalue weighted by Gasteiger charge is 2.53. The van der Waals surface area contributed by atoms with Crippen molar-refractivity contribution in [1.82, 2.24) is 0 Å². The number of aliphatic hydroxyl groups is 1. The molecule has 1 heterocycles. The van der Waals surface area contributed by atoms with Crippen LogP contribution in [-0.2, 0) is 4.79 Å². The zero-order chi connectivity index (χ0) is 14.3. The zero-order valence-corrected chi connectivity index (χ0v) is 11.1. The SMILES string of the molecule is CC1(O)C(=O)N(c2cccc(C=O)c2)C2=CC=CCC21. The van der Waals surface area contributed by atoms with Crippen molar-refractivity contribution in [3.8, 4) is 0 Å². The lowest BCUT2D eigenvalue weighted by Gasteiger charge is -2.22. The lowest BCUT2D eigenvalue weighted by molar-refractivity contribution is -0.134. The van der Waals surface area contributed by atoms with Crippen LogP contribution >= 0.6 is 0 Å². The van der Waals surface area contributed by atoms with E-state index < -0.39 is 5.60 Å². The Bertz CT molecular complexity index is 643. The molecule has 0 spiro atoms. The fraction of sp³-hybridized carbons (Fsp3) is 0.250. The number of carbonyl (C=O) groups is 2. The smallest absolute Gasteiger partial charge is 0.263 e. The van der Waals surface area contributed by atoms with E-state index in [9.17, 15) is 14.7 Å². The first-order valence-electron chi connectivity index (χ1n) is 6.54. The molecular weight excluding hydrogens is 254 g/mol. The van der Waals surface area contributed by atoms with Crippen LogP contribution in [0.1, 0.15) is 23.7 Å². The van der Waals surface area contributed by atoms with Gasteiger partial charge in [0.1, 0.15) is 11.9 Å². The number of amides is 1. The van der Waals surface area contributed by atoms with E-state index in [4.69, 9.17) is 0 Å². The van der Waals surface area contributed by atoms with Gasteiger partial charge >= 0.3 is 0 Å². The van der Waals surface area contributed by atoms with Crippen molar-refractivity contribution >= 4 is 17.9 Å². The molecular formula is C16H15NO3. The molecule has 4 nitrogen and oxygen atoms in total. The Kier molecular flexibility index (Phi) is 2.83. The molecule has 2 atom stereocenters. The molecule has 1 amide bonds. The Hall–Kier alpha value is -2.20. The van der Waals surface area contributed by atoms with Crippen LogP contribution in [0.2, 0.25) is 0 Å². The number of anilines is 1. The first-order valence-corrected chi connectivity index (χ1v) is 6.54. The Morgan fingerprint density at radius 1 is 1.45 bits per heavy atom. The molecule has 1 N–H and O–H groups in total. The number of aldehydes is 1. The van der Waals surface area contributed by atoms with E-state index in [0.29, 0.717) is 17.7 Å². The highest BCUT2D eigenvalue weighted by atomic mass is 16.3. The quantitative estimate of drug-likeness (QED) is 0.836. The summed E-state index contributed by atoms with van der Waals surface area (Å²) in [6.45, 7) is 1.55. The maximum absolute atomic E-state index is 12.5. The molecule has 0 aromatic heterocycles. The first-order chi connectivity index (χ1) is 9.55. The summed E-state index contributed by atoms with van der Waals surface area (Å²) in [5, 5.41) is 10.5. The number of benzene rings is 1. The number of allylic oxidation sites excluding steroid dienone is 3. The second-order valence-electron chi connectivity index (χ2n) is 5.31. The average Bonchev–Trinajstić information content (AvgIpc) is 2.67. The zero-order valence-electron chi connectivity index (χ0n) is 11.1. The summed E-state index contributed by atoms with van der Waals surface area (Å²) < 4.78 is 0. The van der Waals surface area contributed by atoms with Gasteiger partial charge in [0.05, 0.1) is 0 Å². The molecule has 3 rings (SSSR count). The number of fused-ring (bicyclic) bond motifs is 1. The predicted octanol–water partition coefficient (Wildman–Crippen LogP) is 2.06. The standard InChI is InChI=1S/C16H15NO3/c1-16(20)13-7-2-3-8-14(13)17(15(16)19)12-6-4-5-11(9-12)10-18/h2-6,8-10,13,20H,7H2,1H3. The van der Waals surface area contributed by atoms with Gasteiger partial charge in [-0.25, -0.2) is 0 Å². The molecule has 2 aliphatic rings. The Labute approximate surface area is 117 Å². The van der Waals surface area contributed by atoms with Gasteiger partial charge in [0.25, 0.3) is 5.91 Å². The minimum absolute atomic E-state index is 0.236. The monoisotopic (exact) mass is 269 g/mol. The second kappa shape index (κ2) is 4.42. The van der Waals surface area contributed by atoms with Crippen LogP contribution in [0.4, 0.5) is 5.69 Å². The van der Waals surface area contributed by atoms with Gasteiger partial charge in [-0.15, -0.1) is 0 Å². The molecule has 1 aromatic rings. The number of carbonyl (C=O) groups excluding carboxylic acids is 2. The van der Waals surface area contributed by atoms with Crippen molar-refractivity contribution < 1.29 is 14.7 Å². The second-order valence-corrected chi connectivity index (χ2v) is 5.31. The minimum atomic E-state index is -1.41. The number of hydrogen-bond donors (Lipinski definition) is 1. The normalized spacial score (nSPS) is 28.3. The lowest BCUT2D eigenvalue weighted by atomic mass is 9.85. The van der Waals surface area contributed by atoms with Crippen LogP contribution < -0.4 is 4.90 Å². The van der Waals surface area contributed by atoms with E-state index in [1.807, 2.05) is 18.2 Å². The number of hydrogen-bond acceptors (Lipinski definition) is 3. The number of rotatable bonds is 2. The number of nitrogens with zero attached hydrogens (tertiary/aromatic N) is 1. The summed E-state index contributed by atoms with van der Waals surface area (Å²) in [6.07, 6.45) is 7.06. The van der Waals surface area contributed by atoms with Crippen molar-refractivity contribution in [2.24, 2.45) is 5.92 Å². The summed E-state index contributed by atoms with van der Waals surface area (Å²) in [7, 11) is 0. The van der Waals surface area contributed by atoms with Crippen LogP contribution in [-0.4, -0.2) is 22.9 Å². The van der Waals surface area contributed by atoms with Gasteiger partial charge in [-0.1, -0.05) is 24.3 Å². The van der Waals surface area contributed by atoms with E-state index in [0.717, 1.165) is 12.0 Å². The van der Waals surface area contributed by atoms with Crippen molar-refractivity contribution in [3.63, 3.8) is 0 Å². The van der Waals surface area contributed by atoms with E-state index in [1.165, 1.54) is 4.90 Å². The van der Waals surface area contributed by atoms with Crippen LogP contribution in [0.3, 0.4) is 0 Å². The van der Waals surface area contributed by atoms with Gasteiger partial charge in [0.2, 0.25) is 0 Å². The molecule has 102 valence electrons. The summed E-state index contributed by atoms with van der Waals surface area (Å²) in [5.74, 6) is -0.583. The van der Waals surface area contributed by atoms with Crippen molar-refractivity contribution in [2.45, 2.75) is 18.9 Å². The lowest BCUT2D eigenvalue weighted by Crippen LogP contribution is -2.40. The fourth-order valence-electron chi connectivity index (χ4n) is 2.86. The van der Waals surface area contributed by atoms with Crippen LogP contribution in [0.5, 0.6) is 0 Å². The molecule has 0 saturated carbocycles. The maximum atomic E-state index is 12.5. The van der Waals surface area contributed by atoms with E-state index in [1.54, 1.807) is 31.2 Å². The molecule has 0 radical (unpaired) electrons. The van der Waals surface area contributed by atoms with Crippen molar-refractivity contribution in [3.05, 3.63) is 53.8 Å². The summed E-state index contributed by atoms with van der Waals surface area (Å²) in [6, 6.07) is 6.83. The Morgan fingerprint density at radius 3 is 3.00 bits per heavy atom. The third-order valence-electron chi connectivity index (χ3n) is 3.97. The van der Waals surface area contributed by atoms with Crippen molar-refractivity contribution in [2.75, 3.05) is 4.90 Å². The molecule has 4 heteroatoms. The van der Waals surface area contributed by atoms with E-state index in [2.05, 4.69) is 0 Å². The van der Waals surface area contributed by atoms with E-state index >= 15 is 0 Å². The van der Waals surface area contributed by atoms with Crippen LogP contribution in [0.25, 0.3) is 0 Å². The van der Waals surface area contributed by atoms with Gasteiger partial charge in [-0.3, -0.25) is 14.5 Å². The molecule has 1 aromatic carbocycles. The highest BCUT2D eigenvalue weighted by molar-refractivity contribution is 6.06. The Morgan fingerprint density at radius 2 is 2.25 bits per heavy atom. The third kappa shape index (κ3) is 1.72. The predicted molar refractivity (Wildman–Crippen MR) is 75.3 cm³/mol. The molecule has 0 bridgehead atoms.